The van der Waals surface area contributed by atoms with Gasteiger partial charge in [0.05, 0.1) is 56.1 Å². The smallest absolute Gasteiger partial charge is 0.494 e. The molecule has 4 heterocycles. The van der Waals surface area contributed by atoms with Crippen molar-refractivity contribution in [3.8, 4) is 11.5 Å². The molecule has 17 heteroatoms. The number of nitrogens with zero attached hydrogens (tertiary/aromatic N) is 6. The zero-order chi connectivity index (χ0) is 52.0. The average Bonchev–Trinajstić information content (AvgIpc) is 3.41. The van der Waals surface area contributed by atoms with Crippen LogP contribution in [0.2, 0.25) is 20.1 Å². The first-order valence-corrected chi connectivity index (χ1v) is 28.4. The number of piperazine rings is 2. The summed E-state index contributed by atoms with van der Waals surface area (Å²) in [5, 5.41) is 2.36. The van der Waals surface area contributed by atoms with Crippen molar-refractivity contribution < 1.29 is 33.3 Å². The van der Waals surface area contributed by atoms with Crippen LogP contribution in [0.5, 0.6) is 11.5 Å². The van der Waals surface area contributed by atoms with E-state index < -0.39 is 18.6 Å². The number of carbonyl (C=O) groups excluding carboxylic acids is 3. The Balaban J connectivity index is 0.841. The van der Waals surface area contributed by atoms with Crippen molar-refractivity contribution in [1.82, 2.24) is 9.80 Å². The lowest BCUT2D eigenvalue weighted by atomic mass is 9.99. The number of aryl methyl sites for hydroxylation is 2. The molecule has 74 heavy (non-hydrogen) atoms. The monoisotopic (exact) mass is 1090 g/mol. The number of unbranched alkanes of at least 4 members (excludes halogenated alkanes) is 4. The van der Waals surface area contributed by atoms with E-state index in [0.717, 1.165) is 126 Å². The molecule has 13 nitrogen and oxygen atoms in total. The van der Waals surface area contributed by atoms with E-state index in [0.29, 0.717) is 94.7 Å². The second kappa shape index (κ2) is 27.4. The molecule has 4 aromatic carbocycles. The topological polar surface area (TPSA) is 108 Å². The van der Waals surface area contributed by atoms with Gasteiger partial charge >= 0.3 is 6.16 Å². The van der Waals surface area contributed by atoms with Gasteiger partial charge in [-0.05, 0) is 112 Å². The summed E-state index contributed by atoms with van der Waals surface area (Å²) in [5.74, 6) is 1.05. The second-order valence-electron chi connectivity index (χ2n) is 19.7. The lowest BCUT2D eigenvalue weighted by Crippen LogP contribution is -2.48. The van der Waals surface area contributed by atoms with E-state index in [1.807, 2.05) is 72.8 Å². The molecule has 2 unspecified atom stereocenters. The van der Waals surface area contributed by atoms with Crippen LogP contribution in [0.25, 0.3) is 0 Å². The molecule has 0 aliphatic carbocycles. The largest absolute Gasteiger partial charge is 0.512 e. The summed E-state index contributed by atoms with van der Waals surface area (Å²) >= 11 is 25.5. The molecule has 4 aromatic rings. The van der Waals surface area contributed by atoms with Gasteiger partial charge in [0.1, 0.15) is 11.5 Å². The molecule has 0 radical (unpaired) electrons. The van der Waals surface area contributed by atoms with Gasteiger partial charge in [-0.3, -0.25) is 29.2 Å². The number of amides is 2. The third-order valence-corrected chi connectivity index (χ3v) is 16.2. The van der Waals surface area contributed by atoms with Crippen LogP contribution in [0, 0.1) is 0 Å². The van der Waals surface area contributed by atoms with Crippen LogP contribution in [0.1, 0.15) is 102 Å². The Hall–Kier alpha value is -4.63. The molecular formula is C57H72Cl4N6O7. The van der Waals surface area contributed by atoms with E-state index in [4.69, 9.17) is 65.4 Å². The maximum absolute atomic E-state index is 14.1. The van der Waals surface area contributed by atoms with Crippen LogP contribution in [0.15, 0.2) is 72.8 Å². The minimum absolute atomic E-state index is 0.130. The van der Waals surface area contributed by atoms with E-state index in [-0.39, 0.29) is 24.7 Å². The number of fused-ring (bicyclic) bond motifs is 2. The molecule has 8 rings (SSSR count). The molecule has 2 saturated heterocycles. The zero-order valence-corrected chi connectivity index (χ0v) is 46.0. The molecule has 0 N–H and O–H groups in total. The highest BCUT2D eigenvalue weighted by atomic mass is 35.5. The molecule has 400 valence electrons. The van der Waals surface area contributed by atoms with E-state index in [9.17, 15) is 14.4 Å². The Morgan fingerprint density at radius 3 is 1.34 bits per heavy atom. The van der Waals surface area contributed by atoms with Crippen molar-refractivity contribution in [3.63, 3.8) is 0 Å². The Morgan fingerprint density at radius 2 is 0.932 bits per heavy atom. The first kappa shape index (κ1) is 55.6. The third kappa shape index (κ3) is 14.4. The van der Waals surface area contributed by atoms with Crippen LogP contribution in [-0.2, 0) is 31.9 Å². The first-order valence-electron chi connectivity index (χ1n) is 26.9. The van der Waals surface area contributed by atoms with Gasteiger partial charge in [-0.25, -0.2) is 4.79 Å². The predicted molar refractivity (Wildman–Crippen MR) is 298 cm³/mol. The maximum Gasteiger partial charge on any atom is 0.512 e. The minimum Gasteiger partial charge on any atom is -0.494 e. The van der Waals surface area contributed by atoms with Crippen LogP contribution in [0.4, 0.5) is 27.5 Å². The normalized spacial score (nSPS) is 17.2. The van der Waals surface area contributed by atoms with Gasteiger partial charge in [0, 0.05) is 90.2 Å². The summed E-state index contributed by atoms with van der Waals surface area (Å²) in [7, 11) is 0. The molecule has 0 bridgehead atoms. The van der Waals surface area contributed by atoms with Crippen LogP contribution >= 0.6 is 46.4 Å². The van der Waals surface area contributed by atoms with Gasteiger partial charge in [0.15, 0.2) is 12.5 Å². The van der Waals surface area contributed by atoms with Gasteiger partial charge in [-0.15, -0.1) is 0 Å². The fourth-order valence-electron chi connectivity index (χ4n) is 10.4. The highest BCUT2D eigenvalue weighted by Gasteiger charge is 2.37. The Kier molecular flexibility index (Phi) is 20.6. The van der Waals surface area contributed by atoms with Crippen LogP contribution in [0.3, 0.4) is 0 Å². The summed E-state index contributed by atoms with van der Waals surface area (Å²) < 4.78 is 24.9. The summed E-state index contributed by atoms with van der Waals surface area (Å²) in [6.45, 7) is 14.4. The predicted octanol–water partition coefficient (Wildman–Crippen LogP) is 12.7. The van der Waals surface area contributed by atoms with Crippen molar-refractivity contribution in [3.05, 3.63) is 104 Å². The van der Waals surface area contributed by atoms with Gasteiger partial charge < -0.3 is 28.7 Å². The SMILES string of the molecule is CCCCC(OC(=O)OC(CCCC)N1C(=O)CCc2ccc(OCCCCN3CCN(c4cccc(Cl)c4Cl)CC3)cc21)N1C(=O)CCc2ccc(OCCCCN3CCN(c4cccc(Cl)c4Cl)CC3)cc21. The fourth-order valence-corrected chi connectivity index (χ4v) is 11.2. The lowest BCUT2D eigenvalue weighted by molar-refractivity contribution is -0.121. The maximum atomic E-state index is 14.1. The molecule has 0 saturated carbocycles. The lowest BCUT2D eigenvalue weighted by Gasteiger charge is -2.37. The summed E-state index contributed by atoms with van der Waals surface area (Å²) in [4.78, 5) is 54.6. The van der Waals surface area contributed by atoms with Gasteiger partial charge in [-0.1, -0.05) is 97.4 Å². The molecule has 2 amide bonds. The number of rotatable bonds is 24. The fraction of sp³-hybridized carbons (Fsp3) is 0.526. The van der Waals surface area contributed by atoms with E-state index >= 15 is 0 Å². The molecule has 4 aliphatic rings. The summed E-state index contributed by atoms with van der Waals surface area (Å²) in [6, 6.07) is 23.3. The Labute approximate surface area is 457 Å². The van der Waals surface area contributed by atoms with Crippen LogP contribution < -0.4 is 29.1 Å². The third-order valence-electron chi connectivity index (χ3n) is 14.6. The van der Waals surface area contributed by atoms with Crippen LogP contribution in [-0.4, -0.2) is 119 Å². The van der Waals surface area contributed by atoms with Crippen molar-refractivity contribution in [2.24, 2.45) is 0 Å². The van der Waals surface area contributed by atoms with E-state index in [1.165, 1.54) is 0 Å². The summed E-state index contributed by atoms with van der Waals surface area (Å²) in [5.41, 5.74) is 5.29. The first-order chi connectivity index (χ1) is 36.0. The second-order valence-corrected chi connectivity index (χ2v) is 21.3. The number of halogens is 4. The number of hydrogen-bond acceptors (Lipinski definition) is 11. The standard InChI is InChI=1S/C57H72Cl4N6O7/c1-3-5-17-53(66-49-39-43(23-19-41(49)21-25-51(66)68)71-37-9-7-27-62-29-33-64(34-30-62)47-15-11-13-45(58)55(47)60)73-57(70)74-54(18-6-4-2)67-50-40-44(24-20-42(50)22-26-52(67)69)72-38-10-8-28-63-31-35-65(36-32-63)48-16-12-14-46(59)56(48)61/h11-16,19-20,23-24,39-40,53-54H,3-10,17-18,21-22,25-38H2,1-2H3. The molecule has 2 fully saturated rings. The highest BCUT2D eigenvalue weighted by molar-refractivity contribution is 6.44. The number of anilines is 4. The van der Waals surface area contributed by atoms with Gasteiger partial charge in [0.2, 0.25) is 11.8 Å². The minimum atomic E-state index is -0.920. The van der Waals surface area contributed by atoms with Crippen molar-refractivity contribution in [2.75, 3.05) is 98.3 Å². The number of ether oxygens (including phenoxy) is 4. The number of hydrogen-bond donors (Lipinski definition) is 0. The van der Waals surface area contributed by atoms with Crippen molar-refractivity contribution in [2.45, 2.75) is 116 Å². The molecule has 4 aliphatic heterocycles. The van der Waals surface area contributed by atoms with Gasteiger partial charge in [-0.2, -0.15) is 0 Å². The zero-order valence-electron chi connectivity index (χ0n) is 43.0. The van der Waals surface area contributed by atoms with E-state index in [2.05, 4.69) is 33.4 Å². The Bertz CT molecular complexity index is 2350. The number of benzene rings is 4. The molecular weight excluding hydrogens is 1020 g/mol. The summed E-state index contributed by atoms with van der Waals surface area (Å²) in [6.07, 6.45) is 6.64. The quantitative estimate of drug-likeness (QED) is 0.0494. The highest BCUT2D eigenvalue weighted by Crippen LogP contribution is 2.38. The molecule has 0 aromatic heterocycles. The molecule has 0 spiro atoms. The van der Waals surface area contributed by atoms with Gasteiger partial charge in [0.25, 0.3) is 0 Å². The van der Waals surface area contributed by atoms with Crippen molar-refractivity contribution >= 4 is 87.1 Å². The molecule has 2 atom stereocenters. The van der Waals surface area contributed by atoms with E-state index in [1.54, 1.807) is 9.80 Å². The average molecular weight is 1100 g/mol. The Morgan fingerprint density at radius 1 is 0.514 bits per heavy atom. The number of carbonyl (C=O) groups is 3. The van der Waals surface area contributed by atoms with Crippen molar-refractivity contribution in [1.29, 1.82) is 0 Å².